The molecular formula is C14H26Cl2N4O. The van der Waals surface area contributed by atoms with E-state index in [4.69, 9.17) is 0 Å². The average molecular weight is 337 g/mol. The third-order valence-corrected chi connectivity index (χ3v) is 3.84. The van der Waals surface area contributed by atoms with E-state index in [0.717, 1.165) is 37.8 Å². The van der Waals surface area contributed by atoms with E-state index in [1.54, 1.807) is 6.20 Å². The van der Waals surface area contributed by atoms with Crippen LogP contribution in [0.2, 0.25) is 0 Å². The van der Waals surface area contributed by atoms with Gasteiger partial charge in [0.1, 0.15) is 5.82 Å². The molecule has 1 amide bonds. The van der Waals surface area contributed by atoms with Gasteiger partial charge in [0.05, 0.1) is 0 Å². The Balaban J connectivity index is 0.00000200. The number of amides is 1. The van der Waals surface area contributed by atoms with E-state index in [1.165, 1.54) is 12.8 Å². The molecule has 0 aromatic carbocycles. The summed E-state index contributed by atoms with van der Waals surface area (Å²) in [6, 6.07) is 0. The third-order valence-electron chi connectivity index (χ3n) is 3.84. The number of nitrogens with zero attached hydrogens (tertiary/aromatic N) is 2. The van der Waals surface area contributed by atoms with Crippen LogP contribution in [0.1, 0.15) is 31.5 Å². The zero-order chi connectivity index (χ0) is 13.5. The second-order valence-corrected chi connectivity index (χ2v) is 5.25. The van der Waals surface area contributed by atoms with Gasteiger partial charge in [-0.3, -0.25) is 4.79 Å². The molecule has 7 heteroatoms. The van der Waals surface area contributed by atoms with Gasteiger partial charge in [-0.2, -0.15) is 0 Å². The number of halogens is 2. The van der Waals surface area contributed by atoms with Crippen molar-refractivity contribution >= 4 is 30.7 Å². The Labute approximate surface area is 139 Å². The van der Waals surface area contributed by atoms with Crippen molar-refractivity contribution < 1.29 is 4.79 Å². The smallest absolute Gasteiger partial charge is 0.220 e. The fourth-order valence-corrected chi connectivity index (χ4v) is 2.55. The number of hydrogen-bond acceptors (Lipinski definition) is 3. The third kappa shape index (κ3) is 7.16. The number of nitrogens with one attached hydrogen (secondary N) is 2. The molecule has 2 heterocycles. The van der Waals surface area contributed by atoms with Crippen molar-refractivity contribution in [3.63, 3.8) is 0 Å². The molecule has 1 aliphatic heterocycles. The van der Waals surface area contributed by atoms with Crippen LogP contribution in [0.25, 0.3) is 0 Å². The van der Waals surface area contributed by atoms with E-state index in [-0.39, 0.29) is 30.7 Å². The van der Waals surface area contributed by atoms with E-state index in [0.29, 0.717) is 13.0 Å². The van der Waals surface area contributed by atoms with Crippen molar-refractivity contribution in [3.8, 4) is 0 Å². The van der Waals surface area contributed by atoms with Gasteiger partial charge < -0.3 is 15.2 Å². The van der Waals surface area contributed by atoms with Crippen LogP contribution < -0.4 is 10.6 Å². The van der Waals surface area contributed by atoms with Gasteiger partial charge in [0.15, 0.2) is 0 Å². The van der Waals surface area contributed by atoms with Gasteiger partial charge in [-0.25, -0.2) is 4.98 Å². The van der Waals surface area contributed by atoms with Gasteiger partial charge in [-0.15, -0.1) is 24.8 Å². The second kappa shape index (κ2) is 10.9. The first kappa shape index (κ1) is 20.2. The highest BCUT2D eigenvalue weighted by molar-refractivity contribution is 5.85. The maximum Gasteiger partial charge on any atom is 0.220 e. The number of hydrogen-bond donors (Lipinski definition) is 2. The number of aromatic nitrogens is 2. The predicted octanol–water partition coefficient (Wildman–Crippen LogP) is 1.93. The number of imidazole rings is 1. The van der Waals surface area contributed by atoms with Crippen LogP contribution in [0.4, 0.5) is 0 Å². The monoisotopic (exact) mass is 336 g/mol. The minimum atomic E-state index is 0. The van der Waals surface area contributed by atoms with Gasteiger partial charge in [-0.05, 0) is 45.2 Å². The first-order valence-corrected chi connectivity index (χ1v) is 7.21. The van der Waals surface area contributed by atoms with E-state index < -0.39 is 0 Å². The number of rotatable bonds is 6. The lowest BCUT2D eigenvalue weighted by molar-refractivity contribution is -0.121. The Morgan fingerprint density at radius 3 is 2.76 bits per heavy atom. The summed E-state index contributed by atoms with van der Waals surface area (Å²) >= 11 is 0. The van der Waals surface area contributed by atoms with Crippen LogP contribution in [0.3, 0.4) is 0 Å². The molecule has 0 spiro atoms. The SMILES string of the molecule is Cc1nccn1CCNC(=O)CCC1CCNCC1.Cl.Cl. The molecule has 0 atom stereocenters. The summed E-state index contributed by atoms with van der Waals surface area (Å²) < 4.78 is 2.05. The summed E-state index contributed by atoms with van der Waals surface area (Å²) in [6.45, 7) is 5.66. The molecule has 0 unspecified atom stereocenters. The highest BCUT2D eigenvalue weighted by atomic mass is 35.5. The molecule has 1 aliphatic rings. The standard InChI is InChI=1S/C14H24N4O.2ClH/c1-12-16-8-10-18(12)11-9-17-14(19)3-2-13-4-6-15-7-5-13;;/h8,10,13,15H,2-7,9,11H2,1H3,(H,17,19);2*1H. The average Bonchev–Trinajstić information content (AvgIpc) is 2.83. The summed E-state index contributed by atoms with van der Waals surface area (Å²) in [4.78, 5) is 15.9. The van der Waals surface area contributed by atoms with Crippen molar-refractivity contribution in [2.45, 2.75) is 39.2 Å². The molecule has 2 rings (SSSR count). The van der Waals surface area contributed by atoms with Crippen molar-refractivity contribution in [2.24, 2.45) is 5.92 Å². The molecule has 1 fully saturated rings. The Morgan fingerprint density at radius 2 is 2.14 bits per heavy atom. The van der Waals surface area contributed by atoms with E-state index in [9.17, 15) is 4.79 Å². The Bertz CT molecular complexity index is 405. The van der Waals surface area contributed by atoms with Crippen LogP contribution in [-0.2, 0) is 11.3 Å². The summed E-state index contributed by atoms with van der Waals surface area (Å²) in [7, 11) is 0. The van der Waals surface area contributed by atoms with Gasteiger partial charge in [0.25, 0.3) is 0 Å². The Morgan fingerprint density at radius 1 is 1.43 bits per heavy atom. The molecule has 122 valence electrons. The van der Waals surface area contributed by atoms with Gasteiger partial charge in [0, 0.05) is 31.9 Å². The topological polar surface area (TPSA) is 59.0 Å². The lowest BCUT2D eigenvalue weighted by Crippen LogP contribution is -2.30. The number of carbonyl (C=O) groups is 1. The Hall–Kier alpha value is -0.780. The highest BCUT2D eigenvalue weighted by Crippen LogP contribution is 2.17. The molecule has 1 aromatic rings. The van der Waals surface area contributed by atoms with E-state index in [1.807, 2.05) is 17.7 Å². The Kier molecular flexibility index (Phi) is 10.5. The maximum absolute atomic E-state index is 11.7. The summed E-state index contributed by atoms with van der Waals surface area (Å²) in [5, 5.41) is 6.33. The maximum atomic E-state index is 11.7. The van der Waals surface area contributed by atoms with Crippen LogP contribution in [0.5, 0.6) is 0 Å². The fraction of sp³-hybridized carbons (Fsp3) is 0.714. The van der Waals surface area contributed by atoms with Gasteiger partial charge in [-0.1, -0.05) is 0 Å². The predicted molar refractivity (Wildman–Crippen MR) is 89.3 cm³/mol. The number of carbonyl (C=O) groups excluding carboxylic acids is 1. The van der Waals surface area contributed by atoms with Crippen molar-refractivity contribution in [1.82, 2.24) is 20.2 Å². The first-order valence-electron chi connectivity index (χ1n) is 7.21. The highest BCUT2D eigenvalue weighted by Gasteiger charge is 2.14. The molecule has 21 heavy (non-hydrogen) atoms. The lowest BCUT2D eigenvalue weighted by Gasteiger charge is -2.22. The first-order chi connectivity index (χ1) is 9.25. The number of piperidine rings is 1. The second-order valence-electron chi connectivity index (χ2n) is 5.25. The molecule has 5 nitrogen and oxygen atoms in total. The zero-order valence-electron chi connectivity index (χ0n) is 12.5. The zero-order valence-corrected chi connectivity index (χ0v) is 14.1. The molecule has 1 aromatic heterocycles. The summed E-state index contributed by atoms with van der Waals surface area (Å²) in [5.41, 5.74) is 0. The van der Waals surface area contributed by atoms with Crippen LogP contribution in [0.15, 0.2) is 12.4 Å². The van der Waals surface area contributed by atoms with Crippen LogP contribution >= 0.6 is 24.8 Å². The van der Waals surface area contributed by atoms with E-state index >= 15 is 0 Å². The normalized spacial score (nSPS) is 14.9. The van der Waals surface area contributed by atoms with Crippen molar-refractivity contribution in [3.05, 3.63) is 18.2 Å². The largest absolute Gasteiger partial charge is 0.354 e. The van der Waals surface area contributed by atoms with E-state index in [2.05, 4.69) is 15.6 Å². The minimum absolute atomic E-state index is 0. The van der Waals surface area contributed by atoms with Crippen molar-refractivity contribution in [1.29, 1.82) is 0 Å². The molecule has 0 aliphatic carbocycles. The number of aryl methyl sites for hydroxylation is 1. The summed E-state index contributed by atoms with van der Waals surface area (Å²) in [6.07, 6.45) is 7.83. The van der Waals surface area contributed by atoms with Crippen LogP contribution in [-0.4, -0.2) is 35.1 Å². The lowest BCUT2D eigenvalue weighted by atomic mass is 9.93. The van der Waals surface area contributed by atoms with Crippen LogP contribution in [0, 0.1) is 12.8 Å². The molecule has 0 radical (unpaired) electrons. The fourth-order valence-electron chi connectivity index (χ4n) is 2.55. The quantitative estimate of drug-likeness (QED) is 0.834. The molecule has 1 saturated heterocycles. The van der Waals surface area contributed by atoms with Crippen molar-refractivity contribution in [2.75, 3.05) is 19.6 Å². The molecule has 0 saturated carbocycles. The molecule has 0 bridgehead atoms. The van der Waals surface area contributed by atoms with Gasteiger partial charge >= 0.3 is 0 Å². The molecule has 2 N–H and O–H groups in total. The van der Waals surface area contributed by atoms with Gasteiger partial charge in [0.2, 0.25) is 5.91 Å². The summed E-state index contributed by atoms with van der Waals surface area (Å²) in [5.74, 6) is 1.89. The molecular weight excluding hydrogens is 311 g/mol. The minimum Gasteiger partial charge on any atom is -0.354 e.